The van der Waals surface area contributed by atoms with Crippen LogP contribution in [-0.2, 0) is 4.74 Å². The third-order valence-electron chi connectivity index (χ3n) is 2.22. The van der Waals surface area contributed by atoms with Crippen molar-refractivity contribution in [2.75, 3.05) is 13.2 Å². The number of hydrogen-bond donors (Lipinski definition) is 1. The average molecular weight is 197 g/mol. The van der Waals surface area contributed by atoms with E-state index in [1.54, 1.807) is 0 Å². The maximum Gasteiger partial charge on any atom is 0.229 e. The van der Waals surface area contributed by atoms with Crippen LogP contribution in [0.5, 0.6) is 0 Å². The molecule has 0 aliphatic heterocycles. The average Bonchev–Trinajstić information content (AvgIpc) is 2.93. The second-order valence-electron chi connectivity index (χ2n) is 3.53. The molecule has 1 unspecified atom stereocenters. The van der Waals surface area contributed by atoms with Gasteiger partial charge in [-0.2, -0.15) is 4.98 Å². The molecular formula is C9H15N3O2. The third-order valence-corrected chi connectivity index (χ3v) is 2.22. The maximum absolute atomic E-state index is 5.80. The highest BCUT2D eigenvalue weighted by Crippen LogP contribution is 2.39. The Morgan fingerprint density at radius 2 is 2.43 bits per heavy atom. The van der Waals surface area contributed by atoms with E-state index < -0.39 is 0 Å². The van der Waals surface area contributed by atoms with Gasteiger partial charge in [-0.05, 0) is 19.8 Å². The fourth-order valence-corrected chi connectivity index (χ4v) is 1.21. The topological polar surface area (TPSA) is 74.2 Å². The number of nitrogens with zero attached hydrogens (tertiary/aromatic N) is 2. The lowest BCUT2D eigenvalue weighted by Crippen LogP contribution is -2.18. The monoisotopic (exact) mass is 197 g/mol. The van der Waals surface area contributed by atoms with Crippen LogP contribution < -0.4 is 5.73 Å². The summed E-state index contributed by atoms with van der Waals surface area (Å²) in [6.45, 7) is 3.03. The van der Waals surface area contributed by atoms with E-state index >= 15 is 0 Å². The van der Waals surface area contributed by atoms with E-state index in [4.69, 9.17) is 15.0 Å². The van der Waals surface area contributed by atoms with Gasteiger partial charge in [-0.3, -0.25) is 0 Å². The van der Waals surface area contributed by atoms with Crippen molar-refractivity contribution in [3.8, 4) is 0 Å². The minimum absolute atomic E-state index is 0.272. The molecule has 5 nitrogen and oxygen atoms in total. The van der Waals surface area contributed by atoms with Crippen LogP contribution in [0, 0.1) is 0 Å². The molecule has 1 aliphatic carbocycles. The van der Waals surface area contributed by atoms with E-state index in [2.05, 4.69) is 10.1 Å². The number of rotatable bonds is 5. The van der Waals surface area contributed by atoms with Crippen molar-refractivity contribution in [1.29, 1.82) is 0 Å². The highest BCUT2D eigenvalue weighted by atomic mass is 16.5. The SMILES string of the molecule is CCOCC(N)c1noc(C2CC2)n1. The fraction of sp³-hybridized carbons (Fsp3) is 0.778. The Morgan fingerprint density at radius 1 is 1.64 bits per heavy atom. The first-order valence-electron chi connectivity index (χ1n) is 4.98. The lowest BCUT2D eigenvalue weighted by Gasteiger charge is -2.05. The first kappa shape index (κ1) is 9.61. The molecule has 78 valence electrons. The molecule has 0 bridgehead atoms. The van der Waals surface area contributed by atoms with Crippen LogP contribution in [0.3, 0.4) is 0 Å². The first-order valence-corrected chi connectivity index (χ1v) is 4.98. The molecule has 1 heterocycles. The Bertz CT molecular complexity index is 296. The molecule has 0 radical (unpaired) electrons. The van der Waals surface area contributed by atoms with Crippen molar-refractivity contribution in [3.05, 3.63) is 11.7 Å². The Morgan fingerprint density at radius 3 is 3.07 bits per heavy atom. The van der Waals surface area contributed by atoms with E-state index in [-0.39, 0.29) is 6.04 Å². The second kappa shape index (κ2) is 4.06. The number of hydrogen-bond acceptors (Lipinski definition) is 5. The molecule has 1 aliphatic rings. The van der Waals surface area contributed by atoms with Gasteiger partial charge >= 0.3 is 0 Å². The summed E-state index contributed by atoms with van der Waals surface area (Å²) in [5, 5.41) is 3.84. The van der Waals surface area contributed by atoms with E-state index in [9.17, 15) is 0 Å². The molecule has 1 fully saturated rings. The van der Waals surface area contributed by atoms with Gasteiger partial charge in [-0.1, -0.05) is 5.16 Å². The normalized spacial score (nSPS) is 18.4. The van der Waals surface area contributed by atoms with E-state index in [1.165, 1.54) is 0 Å². The molecule has 1 saturated carbocycles. The molecule has 1 atom stereocenters. The summed E-state index contributed by atoms with van der Waals surface area (Å²) in [5.41, 5.74) is 5.80. The zero-order chi connectivity index (χ0) is 9.97. The molecule has 2 rings (SSSR count). The maximum atomic E-state index is 5.80. The van der Waals surface area contributed by atoms with Crippen molar-refractivity contribution in [2.45, 2.75) is 31.7 Å². The van der Waals surface area contributed by atoms with Gasteiger partial charge < -0.3 is 15.0 Å². The van der Waals surface area contributed by atoms with Gasteiger partial charge in [-0.25, -0.2) is 0 Å². The van der Waals surface area contributed by atoms with Crippen molar-refractivity contribution in [3.63, 3.8) is 0 Å². The Hall–Kier alpha value is -0.940. The van der Waals surface area contributed by atoms with Crippen LogP contribution in [0.2, 0.25) is 0 Å². The standard InChI is InChI=1S/C9H15N3O2/c1-2-13-5-7(10)8-11-9(14-12-8)6-3-4-6/h6-7H,2-5,10H2,1H3. The Balaban J connectivity index is 1.93. The van der Waals surface area contributed by atoms with Crippen molar-refractivity contribution in [2.24, 2.45) is 5.73 Å². The zero-order valence-corrected chi connectivity index (χ0v) is 8.27. The predicted octanol–water partition coefficient (Wildman–Crippen LogP) is 0.983. The third kappa shape index (κ3) is 2.10. The summed E-state index contributed by atoms with van der Waals surface area (Å²) in [6.07, 6.45) is 2.31. The number of nitrogens with two attached hydrogens (primary N) is 1. The van der Waals surface area contributed by atoms with E-state index in [0.29, 0.717) is 25.0 Å². The predicted molar refractivity (Wildman–Crippen MR) is 49.7 cm³/mol. The van der Waals surface area contributed by atoms with Crippen molar-refractivity contribution < 1.29 is 9.26 Å². The molecule has 0 spiro atoms. The molecule has 0 aromatic carbocycles. The van der Waals surface area contributed by atoms with Crippen LogP contribution in [0.25, 0.3) is 0 Å². The quantitative estimate of drug-likeness (QED) is 0.761. The van der Waals surface area contributed by atoms with Crippen molar-refractivity contribution >= 4 is 0 Å². The lowest BCUT2D eigenvalue weighted by atomic mass is 10.3. The first-order chi connectivity index (χ1) is 6.81. The fourth-order valence-electron chi connectivity index (χ4n) is 1.21. The lowest BCUT2D eigenvalue weighted by molar-refractivity contribution is 0.130. The van der Waals surface area contributed by atoms with Crippen LogP contribution in [-0.4, -0.2) is 23.4 Å². The molecule has 1 aromatic rings. The minimum atomic E-state index is -0.272. The summed E-state index contributed by atoms with van der Waals surface area (Å²) in [6, 6.07) is -0.272. The van der Waals surface area contributed by atoms with Crippen LogP contribution in [0.15, 0.2) is 4.52 Å². The van der Waals surface area contributed by atoms with E-state index in [1.807, 2.05) is 6.92 Å². The van der Waals surface area contributed by atoms with Crippen LogP contribution in [0.4, 0.5) is 0 Å². The smallest absolute Gasteiger partial charge is 0.229 e. The molecule has 0 amide bonds. The highest BCUT2D eigenvalue weighted by Gasteiger charge is 2.30. The molecule has 0 saturated heterocycles. The summed E-state index contributed by atoms with van der Waals surface area (Å²) in [4.78, 5) is 4.24. The van der Waals surface area contributed by atoms with Crippen LogP contribution in [0.1, 0.15) is 43.4 Å². The summed E-state index contributed by atoms with van der Waals surface area (Å²) >= 11 is 0. The Kier molecular flexibility index (Phi) is 2.79. The van der Waals surface area contributed by atoms with Crippen molar-refractivity contribution in [1.82, 2.24) is 10.1 Å². The van der Waals surface area contributed by atoms with Gasteiger partial charge in [0, 0.05) is 12.5 Å². The van der Waals surface area contributed by atoms with Gasteiger partial charge in [0.2, 0.25) is 5.89 Å². The molecular weight excluding hydrogens is 182 g/mol. The number of aromatic nitrogens is 2. The molecule has 1 aromatic heterocycles. The van der Waals surface area contributed by atoms with Gasteiger partial charge in [0.15, 0.2) is 5.82 Å². The largest absolute Gasteiger partial charge is 0.380 e. The zero-order valence-electron chi connectivity index (χ0n) is 8.27. The van der Waals surface area contributed by atoms with Gasteiger partial charge in [0.05, 0.1) is 12.6 Å². The summed E-state index contributed by atoms with van der Waals surface area (Å²) < 4.78 is 10.3. The molecule has 2 N–H and O–H groups in total. The highest BCUT2D eigenvalue weighted by molar-refractivity contribution is 5.03. The van der Waals surface area contributed by atoms with Gasteiger partial charge in [0.25, 0.3) is 0 Å². The summed E-state index contributed by atoms with van der Waals surface area (Å²) in [7, 11) is 0. The minimum Gasteiger partial charge on any atom is -0.380 e. The molecule has 5 heteroatoms. The number of ether oxygens (including phenoxy) is 1. The molecule has 14 heavy (non-hydrogen) atoms. The van der Waals surface area contributed by atoms with E-state index in [0.717, 1.165) is 18.7 Å². The Labute approximate surface area is 82.6 Å². The van der Waals surface area contributed by atoms with Gasteiger partial charge in [0.1, 0.15) is 0 Å². The second-order valence-corrected chi connectivity index (χ2v) is 3.53. The van der Waals surface area contributed by atoms with Gasteiger partial charge in [-0.15, -0.1) is 0 Å². The summed E-state index contributed by atoms with van der Waals surface area (Å²) in [5.74, 6) is 1.77. The van der Waals surface area contributed by atoms with Crippen LogP contribution >= 0.6 is 0 Å².